The Morgan fingerprint density at radius 3 is 2.44 bits per heavy atom. The number of aryl methyl sites for hydroxylation is 3. The lowest BCUT2D eigenvalue weighted by Gasteiger charge is -2.18. The van der Waals surface area contributed by atoms with E-state index in [0.29, 0.717) is 11.3 Å². The topological polar surface area (TPSA) is 88.6 Å². The molecule has 0 unspecified atom stereocenters. The van der Waals surface area contributed by atoms with Gasteiger partial charge in [-0.05, 0) is 44.0 Å². The summed E-state index contributed by atoms with van der Waals surface area (Å²) in [6.45, 7) is 5.17. The van der Waals surface area contributed by atoms with E-state index in [2.05, 4.69) is 10.3 Å². The summed E-state index contributed by atoms with van der Waals surface area (Å²) in [5.74, 6) is -0.739. The van der Waals surface area contributed by atoms with Crippen LogP contribution in [0.25, 0.3) is 0 Å². The van der Waals surface area contributed by atoms with Crippen LogP contribution in [0.1, 0.15) is 32.2 Å². The molecule has 0 radical (unpaired) electrons. The van der Waals surface area contributed by atoms with Gasteiger partial charge < -0.3 is 15.0 Å². The van der Waals surface area contributed by atoms with Crippen LogP contribution in [0.2, 0.25) is 0 Å². The first-order valence-corrected chi connectivity index (χ1v) is 12.5. The molecule has 1 heterocycles. The molecule has 0 aliphatic heterocycles. The third kappa shape index (κ3) is 6.91. The third-order valence-electron chi connectivity index (χ3n) is 5.03. The van der Waals surface area contributed by atoms with E-state index < -0.39 is 18.5 Å². The van der Waals surface area contributed by atoms with Gasteiger partial charge in [0, 0.05) is 28.8 Å². The van der Waals surface area contributed by atoms with Crippen molar-refractivity contribution in [2.45, 2.75) is 31.4 Å². The number of thioether (sulfide) groups is 1. The molecule has 0 saturated heterocycles. The summed E-state index contributed by atoms with van der Waals surface area (Å²) in [4.78, 5) is 43.9. The number of hydrogen-bond acceptors (Lipinski definition) is 7. The van der Waals surface area contributed by atoms with E-state index in [0.717, 1.165) is 32.4 Å². The van der Waals surface area contributed by atoms with Gasteiger partial charge in [-0.15, -0.1) is 23.1 Å². The van der Waals surface area contributed by atoms with E-state index in [4.69, 9.17) is 4.74 Å². The van der Waals surface area contributed by atoms with Crippen LogP contribution in [-0.4, -0.2) is 47.9 Å². The minimum absolute atomic E-state index is 0.149. The van der Waals surface area contributed by atoms with E-state index in [1.54, 1.807) is 23.5 Å². The first-order valence-electron chi connectivity index (χ1n) is 10.6. The molecule has 0 spiro atoms. The summed E-state index contributed by atoms with van der Waals surface area (Å²) in [5, 5.41) is 5.83. The van der Waals surface area contributed by atoms with Crippen molar-refractivity contribution in [3.8, 4) is 0 Å². The normalized spacial score (nSPS) is 10.6. The van der Waals surface area contributed by atoms with Gasteiger partial charge in [0.2, 0.25) is 5.91 Å². The molecule has 1 N–H and O–H groups in total. The maximum absolute atomic E-state index is 12.6. The van der Waals surface area contributed by atoms with Crippen molar-refractivity contribution >= 4 is 46.6 Å². The van der Waals surface area contributed by atoms with Crippen molar-refractivity contribution in [3.05, 3.63) is 75.2 Å². The van der Waals surface area contributed by atoms with Crippen LogP contribution in [0.4, 0.5) is 5.69 Å². The molecule has 178 valence electrons. The van der Waals surface area contributed by atoms with Gasteiger partial charge in [0.05, 0.1) is 22.8 Å². The number of carbonyl (C=O) groups excluding carboxylic acids is 3. The number of amides is 2. The second kappa shape index (κ2) is 11.8. The van der Waals surface area contributed by atoms with Crippen LogP contribution in [0, 0.1) is 20.8 Å². The number of ether oxygens (including phenoxy) is 1. The molecule has 0 aliphatic rings. The molecule has 0 bridgehead atoms. The Balaban J connectivity index is 1.52. The predicted octanol–water partition coefficient (Wildman–Crippen LogP) is 4.61. The molecular weight excluding hydrogens is 470 g/mol. The highest BCUT2D eigenvalue weighted by Crippen LogP contribution is 2.27. The number of anilines is 1. The highest BCUT2D eigenvalue weighted by molar-refractivity contribution is 7.98. The van der Waals surface area contributed by atoms with Crippen LogP contribution in [0.3, 0.4) is 0 Å². The molecule has 2 amide bonds. The van der Waals surface area contributed by atoms with Gasteiger partial charge in [0.25, 0.3) is 5.91 Å². The number of rotatable bonds is 9. The molecule has 7 nitrogen and oxygen atoms in total. The molecule has 3 rings (SSSR count). The lowest BCUT2D eigenvalue weighted by atomic mass is 10.1. The van der Waals surface area contributed by atoms with Crippen molar-refractivity contribution in [2.24, 2.45) is 0 Å². The Morgan fingerprint density at radius 1 is 1.06 bits per heavy atom. The number of aromatic nitrogens is 1. The van der Waals surface area contributed by atoms with E-state index in [1.165, 1.54) is 23.7 Å². The summed E-state index contributed by atoms with van der Waals surface area (Å²) in [5.41, 5.74) is 3.96. The maximum atomic E-state index is 12.6. The van der Waals surface area contributed by atoms with Crippen molar-refractivity contribution in [2.75, 3.05) is 25.5 Å². The molecular formula is C25H27N3O4S2. The number of para-hydroxylation sites is 1. The van der Waals surface area contributed by atoms with Crippen LogP contribution in [0.15, 0.2) is 52.7 Å². The standard InChI is InChI=1S/C25H27N3O4S2/c1-16-8-7-9-17(2)24(16)27-22(29)12-28(4)23(30)13-32-25(31)20-10-5-6-11-21(20)34-15-19-14-33-18(3)26-19/h5-11,14H,12-13,15H2,1-4H3,(H,27,29). The molecule has 0 saturated carbocycles. The fourth-order valence-electron chi connectivity index (χ4n) is 3.20. The number of carbonyl (C=O) groups is 3. The number of nitrogens with zero attached hydrogens (tertiary/aromatic N) is 2. The Hall–Kier alpha value is -3.17. The Morgan fingerprint density at radius 2 is 1.76 bits per heavy atom. The van der Waals surface area contributed by atoms with E-state index in [1.807, 2.05) is 56.5 Å². The van der Waals surface area contributed by atoms with Gasteiger partial charge in [-0.3, -0.25) is 9.59 Å². The fourth-order valence-corrected chi connectivity index (χ4v) is 4.85. The lowest BCUT2D eigenvalue weighted by molar-refractivity contribution is -0.136. The molecule has 9 heteroatoms. The van der Waals surface area contributed by atoms with Crippen LogP contribution in [-0.2, 0) is 20.1 Å². The average molecular weight is 498 g/mol. The molecule has 0 atom stereocenters. The zero-order valence-corrected chi connectivity index (χ0v) is 21.2. The van der Waals surface area contributed by atoms with Gasteiger partial charge >= 0.3 is 5.97 Å². The molecule has 0 fully saturated rings. The first kappa shape index (κ1) is 25.5. The van der Waals surface area contributed by atoms with Gasteiger partial charge in [-0.2, -0.15) is 0 Å². The summed E-state index contributed by atoms with van der Waals surface area (Å²) >= 11 is 3.07. The van der Waals surface area contributed by atoms with Crippen LogP contribution < -0.4 is 5.32 Å². The SMILES string of the molecule is Cc1nc(CSc2ccccc2C(=O)OCC(=O)N(C)CC(=O)Nc2c(C)cccc2C)cs1. The highest BCUT2D eigenvalue weighted by Gasteiger charge is 2.19. The van der Waals surface area contributed by atoms with Crippen molar-refractivity contribution in [3.63, 3.8) is 0 Å². The predicted molar refractivity (Wildman–Crippen MR) is 135 cm³/mol. The Labute approximate surface area is 207 Å². The van der Waals surface area contributed by atoms with E-state index in [-0.39, 0.29) is 12.5 Å². The first-order chi connectivity index (χ1) is 16.2. The quantitative estimate of drug-likeness (QED) is 0.343. The zero-order chi connectivity index (χ0) is 24.7. The minimum Gasteiger partial charge on any atom is -0.452 e. The summed E-state index contributed by atoms with van der Waals surface area (Å²) < 4.78 is 5.26. The van der Waals surface area contributed by atoms with E-state index in [9.17, 15) is 14.4 Å². The lowest BCUT2D eigenvalue weighted by Crippen LogP contribution is -2.37. The minimum atomic E-state index is -0.584. The molecule has 1 aromatic heterocycles. The summed E-state index contributed by atoms with van der Waals surface area (Å²) in [7, 11) is 1.50. The van der Waals surface area contributed by atoms with Crippen molar-refractivity contribution < 1.29 is 19.1 Å². The third-order valence-corrected chi connectivity index (χ3v) is 6.96. The molecule has 34 heavy (non-hydrogen) atoms. The van der Waals surface area contributed by atoms with Gasteiger partial charge in [0.1, 0.15) is 0 Å². The van der Waals surface area contributed by atoms with Crippen molar-refractivity contribution in [1.29, 1.82) is 0 Å². The molecule has 2 aromatic carbocycles. The second-order valence-electron chi connectivity index (χ2n) is 7.78. The largest absolute Gasteiger partial charge is 0.452 e. The number of benzene rings is 2. The monoisotopic (exact) mass is 497 g/mol. The Bertz CT molecular complexity index is 1170. The smallest absolute Gasteiger partial charge is 0.339 e. The number of nitrogens with one attached hydrogen (secondary N) is 1. The average Bonchev–Trinajstić information content (AvgIpc) is 3.23. The van der Waals surface area contributed by atoms with Gasteiger partial charge in [0.15, 0.2) is 6.61 Å². The summed E-state index contributed by atoms with van der Waals surface area (Å²) in [6, 6.07) is 12.8. The second-order valence-corrected chi connectivity index (χ2v) is 9.86. The number of likely N-dealkylation sites (N-methyl/N-ethyl adjacent to an activating group) is 1. The van der Waals surface area contributed by atoms with Crippen LogP contribution >= 0.6 is 23.1 Å². The fraction of sp³-hybridized carbons (Fsp3) is 0.280. The number of thiazole rings is 1. The zero-order valence-electron chi connectivity index (χ0n) is 19.6. The van der Waals surface area contributed by atoms with Gasteiger partial charge in [-0.25, -0.2) is 9.78 Å². The van der Waals surface area contributed by atoms with Crippen molar-refractivity contribution in [1.82, 2.24) is 9.88 Å². The number of esters is 1. The van der Waals surface area contributed by atoms with Crippen LogP contribution in [0.5, 0.6) is 0 Å². The number of hydrogen-bond donors (Lipinski definition) is 1. The molecule has 0 aliphatic carbocycles. The maximum Gasteiger partial charge on any atom is 0.339 e. The highest BCUT2D eigenvalue weighted by atomic mass is 32.2. The summed E-state index contributed by atoms with van der Waals surface area (Å²) in [6.07, 6.45) is 0. The van der Waals surface area contributed by atoms with E-state index >= 15 is 0 Å². The Kier molecular flexibility index (Phi) is 8.84. The molecule has 3 aromatic rings. The van der Waals surface area contributed by atoms with Gasteiger partial charge in [-0.1, -0.05) is 30.3 Å².